The third-order valence-corrected chi connectivity index (χ3v) is 7.22. The van der Waals surface area contributed by atoms with Crippen LogP contribution in [0.1, 0.15) is 42.6 Å². The molecule has 1 aromatic rings. The van der Waals surface area contributed by atoms with Crippen LogP contribution >= 0.6 is 0 Å². The standard InChI is InChI=1S/C19H31N3O3S/c1-5-22(6-2)26(24,25)17-8-7-15(3)18(13-17)19(23)21-11-9-16(10-12-21)14-20-4/h7-8,13,16,20H,5-6,9-12,14H2,1-4H3. The average Bonchev–Trinajstić information content (AvgIpc) is 2.63. The molecule has 0 aliphatic carbocycles. The van der Waals surface area contributed by atoms with Gasteiger partial charge < -0.3 is 10.2 Å². The molecule has 0 unspecified atom stereocenters. The first-order chi connectivity index (χ1) is 12.3. The van der Waals surface area contributed by atoms with Crippen molar-refractivity contribution >= 4 is 15.9 Å². The van der Waals surface area contributed by atoms with Gasteiger partial charge in [-0.05, 0) is 57.0 Å². The topological polar surface area (TPSA) is 69.7 Å². The summed E-state index contributed by atoms with van der Waals surface area (Å²) in [5.74, 6) is 0.529. The number of carbonyl (C=O) groups excluding carboxylic acids is 1. The van der Waals surface area contributed by atoms with Gasteiger partial charge in [0, 0.05) is 31.7 Å². The fourth-order valence-corrected chi connectivity index (χ4v) is 4.99. The van der Waals surface area contributed by atoms with E-state index in [9.17, 15) is 13.2 Å². The number of nitrogens with zero attached hydrogens (tertiary/aromatic N) is 2. The van der Waals surface area contributed by atoms with Gasteiger partial charge in [-0.1, -0.05) is 19.9 Å². The van der Waals surface area contributed by atoms with E-state index in [2.05, 4.69) is 5.32 Å². The van der Waals surface area contributed by atoms with Crippen molar-refractivity contribution in [1.29, 1.82) is 0 Å². The number of piperidine rings is 1. The summed E-state index contributed by atoms with van der Waals surface area (Å²) in [6.07, 6.45) is 1.95. The molecule has 2 rings (SSSR count). The van der Waals surface area contributed by atoms with Gasteiger partial charge in [-0.15, -0.1) is 0 Å². The number of carbonyl (C=O) groups is 1. The highest BCUT2D eigenvalue weighted by Crippen LogP contribution is 2.23. The van der Waals surface area contributed by atoms with Crippen LogP contribution in [0.2, 0.25) is 0 Å². The molecule has 0 atom stereocenters. The number of sulfonamides is 1. The molecular formula is C19H31N3O3S. The third-order valence-electron chi connectivity index (χ3n) is 5.18. The molecule has 1 amide bonds. The van der Waals surface area contributed by atoms with Gasteiger partial charge in [0.2, 0.25) is 10.0 Å². The Balaban J connectivity index is 2.24. The Hall–Kier alpha value is -1.44. The van der Waals surface area contributed by atoms with Crippen molar-refractivity contribution in [2.45, 2.75) is 38.5 Å². The molecule has 146 valence electrons. The van der Waals surface area contributed by atoms with Crippen molar-refractivity contribution in [2.24, 2.45) is 5.92 Å². The van der Waals surface area contributed by atoms with Gasteiger partial charge in [0.1, 0.15) is 0 Å². The summed E-state index contributed by atoms with van der Waals surface area (Å²) in [6.45, 7) is 8.72. The Bertz CT molecular complexity index is 722. The second-order valence-corrected chi connectivity index (χ2v) is 8.80. The summed E-state index contributed by atoms with van der Waals surface area (Å²) in [7, 11) is -1.62. The summed E-state index contributed by atoms with van der Waals surface area (Å²) >= 11 is 0. The monoisotopic (exact) mass is 381 g/mol. The molecule has 1 aliphatic heterocycles. The molecule has 1 heterocycles. The molecule has 0 bridgehead atoms. The first-order valence-corrected chi connectivity index (χ1v) is 10.8. The number of benzene rings is 1. The molecule has 1 saturated heterocycles. The smallest absolute Gasteiger partial charge is 0.254 e. The minimum atomic E-state index is -3.57. The third kappa shape index (κ3) is 4.45. The number of likely N-dealkylation sites (tertiary alicyclic amines) is 1. The van der Waals surface area contributed by atoms with Crippen LogP contribution in [0.25, 0.3) is 0 Å². The SMILES string of the molecule is CCN(CC)S(=O)(=O)c1ccc(C)c(C(=O)N2CCC(CNC)CC2)c1. The molecule has 1 fully saturated rings. The normalized spacial score (nSPS) is 16.3. The zero-order valence-corrected chi connectivity index (χ0v) is 17.1. The second kappa shape index (κ2) is 8.97. The molecular weight excluding hydrogens is 350 g/mol. The molecule has 1 aliphatic rings. The van der Waals surface area contributed by atoms with Crippen molar-refractivity contribution in [2.75, 3.05) is 39.8 Å². The van der Waals surface area contributed by atoms with E-state index in [-0.39, 0.29) is 10.8 Å². The fraction of sp³-hybridized carbons (Fsp3) is 0.632. The highest BCUT2D eigenvalue weighted by atomic mass is 32.2. The number of hydrogen-bond acceptors (Lipinski definition) is 4. The molecule has 0 saturated carbocycles. The Labute approximate surface area is 157 Å². The predicted molar refractivity (Wildman–Crippen MR) is 104 cm³/mol. The van der Waals surface area contributed by atoms with E-state index in [0.717, 1.165) is 38.0 Å². The van der Waals surface area contributed by atoms with Crippen LogP contribution in [0.5, 0.6) is 0 Å². The van der Waals surface area contributed by atoms with Gasteiger partial charge in [0.25, 0.3) is 5.91 Å². The first-order valence-electron chi connectivity index (χ1n) is 9.39. The minimum Gasteiger partial charge on any atom is -0.339 e. The fourth-order valence-electron chi connectivity index (χ4n) is 3.50. The second-order valence-electron chi connectivity index (χ2n) is 6.86. The van der Waals surface area contributed by atoms with E-state index in [4.69, 9.17) is 0 Å². The quantitative estimate of drug-likeness (QED) is 0.785. The van der Waals surface area contributed by atoms with Crippen molar-refractivity contribution in [3.05, 3.63) is 29.3 Å². The van der Waals surface area contributed by atoms with Crippen LogP contribution in [-0.4, -0.2) is 63.3 Å². The molecule has 7 heteroatoms. The van der Waals surface area contributed by atoms with E-state index in [1.165, 1.54) is 4.31 Å². The van der Waals surface area contributed by atoms with Crippen LogP contribution < -0.4 is 5.32 Å². The summed E-state index contributed by atoms with van der Waals surface area (Å²) in [4.78, 5) is 15.0. The van der Waals surface area contributed by atoms with Gasteiger partial charge in [-0.25, -0.2) is 8.42 Å². The molecule has 1 N–H and O–H groups in total. The zero-order valence-electron chi connectivity index (χ0n) is 16.3. The van der Waals surface area contributed by atoms with Crippen LogP contribution in [-0.2, 0) is 10.0 Å². The average molecular weight is 382 g/mol. The Kier molecular flexibility index (Phi) is 7.20. The summed E-state index contributed by atoms with van der Waals surface area (Å²) in [6, 6.07) is 4.88. The van der Waals surface area contributed by atoms with Gasteiger partial charge in [-0.3, -0.25) is 4.79 Å². The summed E-state index contributed by atoms with van der Waals surface area (Å²) < 4.78 is 26.9. The number of hydrogen-bond donors (Lipinski definition) is 1. The van der Waals surface area contributed by atoms with Crippen molar-refractivity contribution < 1.29 is 13.2 Å². The molecule has 0 radical (unpaired) electrons. The lowest BCUT2D eigenvalue weighted by Gasteiger charge is -2.32. The Morgan fingerprint density at radius 2 is 1.85 bits per heavy atom. The molecule has 0 aromatic heterocycles. The lowest BCUT2D eigenvalue weighted by atomic mass is 9.96. The highest BCUT2D eigenvalue weighted by Gasteiger charge is 2.27. The maximum Gasteiger partial charge on any atom is 0.254 e. The van der Waals surface area contributed by atoms with Crippen LogP contribution in [0, 0.1) is 12.8 Å². The Morgan fingerprint density at radius 3 is 2.38 bits per heavy atom. The largest absolute Gasteiger partial charge is 0.339 e. The molecule has 26 heavy (non-hydrogen) atoms. The predicted octanol–water partition coefficient (Wildman–Crippen LogP) is 2.10. The maximum absolute atomic E-state index is 13.0. The highest BCUT2D eigenvalue weighted by molar-refractivity contribution is 7.89. The Morgan fingerprint density at radius 1 is 1.23 bits per heavy atom. The van der Waals surface area contributed by atoms with Crippen molar-refractivity contribution in [3.63, 3.8) is 0 Å². The van der Waals surface area contributed by atoms with Gasteiger partial charge in [0.05, 0.1) is 4.90 Å². The van der Waals surface area contributed by atoms with Crippen molar-refractivity contribution in [3.8, 4) is 0 Å². The summed E-state index contributed by atoms with van der Waals surface area (Å²) in [5.41, 5.74) is 1.30. The molecule has 1 aromatic carbocycles. The minimum absolute atomic E-state index is 0.0676. The molecule has 0 spiro atoms. The lowest BCUT2D eigenvalue weighted by molar-refractivity contribution is 0.0690. The first kappa shape index (κ1) is 20.9. The molecule has 6 nitrogen and oxygen atoms in total. The van der Waals surface area contributed by atoms with E-state index in [1.54, 1.807) is 18.2 Å². The number of nitrogens with one attached hydrogen (secondary N) is 1. The van der Waals surface area contributed by atoms with E-state index < -0.39 is 10.0 Å². The van der Waals surface area contributed by atoms with Crippen LogP contribution in [0.15, 0.2) is 23.1 Å². The van der Waals surface area contributed by atoms with E-state index in [1.807, 2.05) is 32.7 Å². The van der Waals surface area contributed by atoms with E-state index in [0.29, 0.717) is 24.6 Å². The number of amides is 1. The number of aryl methyl sites for hydroxylation is 1. The van der Waals surface area contributed by atoms with Crippen molar-refractivity contribution in [1.82, 2.24) is 14.5 Å². The van der Waals surface area contributed by atoms with Gasteiger partial charge >= 0.3 is 0 Å². The van der Waals surface area contributed by atoms with Gasteiger partial charge in [-0.2, -0.15) is 4.31 Å². The lowest BCUT2D eigenvalue weighted by Crippen LogP contribution is -2.40. The van der Waals surface area contributed by atoms with E-state index >= 15 is 0 Å². The maximum atomic E-state index is 13.0. The number of rotatable bonds is 7. The van der Waals surface area contributed by atoms with Crippen LogP contribution in [0.4, 0.5) is 0 Å². The van der Waals surface area contributed by atoms with Crippen LogP contribution in [0.3, 0.4) is 0 Å². The van der Waals surface area contributed by atoms with Gasteiger partial charge in [0.15, 0.2) is 0 Å². The summed E-state index contributed by atoms with van der Waals surface area (Å²) in [5, 5.41) is 3.19. The zero-order chi connectivity index (χ0) is 19.3.